The molecule has 4 heteroatoms. The Kier molecular flexibility index (Phi) is 10.9. The molecule has 1 unspecified atom stereocenters. The Hall–Kier alpha value is -0.973. The van der Waals surface area contributed by atoms with Crippen LogP contribution in [0.5, 0.6) is 0 Å². The second-order valence-corrected chi connectivity index (χ2v) is 10.3. The van der Waals surface area contributed by atoms with Crippen molar-refractivity contribution < 1.29 is 4.43 Å². The van der Waals surface area contributed by atoms with Crippen LogP contribution in [0.4, 0.5) is 0 Å². The van der Waals surface area contributed by atoms with E-state index >= 15 is 0 Å². The number of rotatable bonds is 8. The van der Waals surface area contributed by atoms with E-state index in [2.05, 4.69) is 49.0 Å². The number of benzene rings is 1. The fourth-order valence-electron chi connectivity index (χ4n) is 3.06. The average Bonchev–Trinajstić information content (AvgIpc) is 2.95. The zero-order valence-electron chi connectivity index (χ0n) is 16.1. The first-order chi connectivity index (χ1) is 11.7. The van der Waals surface area contributed by atoms with E-state index < -0.39 is 8.48 Å². The number of hydrogen-bond acceptors (Lipinski definition) is 3. The molecule has 136 valence electrons. The summed E-state index contributed by atoms with van der Waals surface area (Å²) >= 11 is 0. The van der Waals surface area contributed by atoms with Gasteiger partial charge in [-0.1, -0.05) is 63.4 Å². The molecule has 1 aromatic rings. The second-order valence-electron chi connectivity index (χ2n) is 6.50. The van der Waals surface area contributed by atoms with Crippen LogP contribution in [0.15, 0.2) is 35.3 Å². The van der Waals surface area contributed by atoms with Gasteiger partial charge in [0.05, 0.1) is 6.54 Å². The molecular formula is C20H36N2OSi. The maximum Gasteiger partial charge on any atom is 0.268 e. The van der Waals surface area contributed by atoms with Crippen LogP contribution in [0, 0.1) is 0 Å². The number of unbranched alkanes of at least 4 members (excludes halogenated alkanes) is 2. The minimum atomic E-state index is -1.59. The summed E-state index contributed by atoms with van der Waals surface area (Å²) in [7, 11) is -1.59. The fourth-order valence-corrected chi connectivity index (χ4v) is 6.34. The highest BCUT2D eigenvalue weighted by atomic mass is 28.4. The average molecular weight is 349 g/mol. The van der Waals surface area contributed by atoms with Gasteiger partial charge in [0.2, 0.25) is 0 Å². The normalized spacial score (nSPS) is 21.0. The topological polar surface area (TPSA) is 24.8 Å². The molecule has 0 saturated carbocycles. The van der Waals surface area contributed by atoms with Crippen molar-refractivity contribution in [1.82, 2.24) is 4.57 Å². The largest absolute Gasteiger partial charge is 0.403 e. The number of nitrogens with zero attached hydrogens (tertiary/aromatic N) is 2. The van der Waals surface area contributed by atoms with Gasteiger partial charge < -0.3 is 8.99 Å². The molecule has 1 heterocycles. The summed E-state index contributed by atoms with van der Waals surface area (Å²) in [6.07, 6.45) is 7.33. The molecule has 0 bridgehead atoms. The van der Waals surface area contributed by atoms with E-state index in [4.69, 9.17) is 4.43 Å². The lowest BCUT2D eigenvalue weighted by atomic mass is 10.2. The van der Waals surface area contributed by atoms with Crippen molar-refractivity contribution in [3.8, 4) is 0 Å². The van der Waals surface area contributed by atoms with Gasteiger partial charge in [-0.25, -0.2) is 0 Å². The van der Waals surface area contributed by atoms with E-state index in [9.17, 15) is 0 Å². The third-order valence-corrected chi connectivity index (χ3v) is 8.42. The van der Waals surface area contributed by atoms with Gasteiger partial charge in [-0.2, -0.15) is 0 Å². The maximum atomic E-state index is 6.03. The van der Waals surface area contributed by atoms with Crippen LogP contribution in [0.25, 0.3) is 0 Å². The molecular weight excluding hydrogens is 312 g/mol. The molecule has 0 N–H and O–H groups in total. The van der Waals surface area contributed by atoms with Gasteiger partial charge in [-0.05, 0) is 38.0 Å². The van der Waals surface area contributed by atoms with Crippen LogP contribution in [0.1, 0.15) is 52.0 Å². The molecule has 3 nitrogen and oxygen atoms in total. The Labute approximate surface area is 150 Å². The molecule has 0 radical (unpaired) electrons. The summed E-state index contributed by atoms with van der Waals surface area (Å²) in [5, 5.41) is 0. The highest BCUT2D eigenvalue weighted by Gasteiger charge is 2.40. The third kappa shape index (κ3) is 7.73. The SMILES string of the molecule is CCCCC.CCO[Si]1(C)CCCN1CCN=Cc1ccccc1. The molecule has 24 heavy (non-hydrogen) atoms. The summed E-state index contributed by atoms with van der Waals surface area (Å²) in [4.78, 5) is 4.53. The molecule has 1 aliphatic rings. The fraction of sp³-hybridized carbons (Fsp3) is 0.650. The molecule has 0 aromatic heterocycles. The predicted octanol–water partition coefficient (Wildman–Crippen LogP) is 5.12. The standard InChI is InChI=1S/C15H24N2OSi.C5H12/c1-3-18-19(2)13-7-11-17(19)12-10-16-14-15-8-5-4-6-9-15;1-3-5-4-2/h4-6,8-9,14H,3,7,10-13H2,1-2H3;3-5H2,1-2H3. The Morgan fingerprint density at radius 1 is 1.17 bits per heavy atom. The lowest BCUT2D eigenvalue weighted by molar-refractivity contribution is 0.272. The lowest BCUT2D eigenvalue weighted by Crippen LogP contribution is -2.49. The summed E-state index contributed by atoms with van der Waals surface area (Å²) in [6, 6.07) is 11.5. The quantitative estimate of drug-likeness (QED) is 0.481. The van der Waals surface area contributed by atoms with Crippen LogP contribution in [0.2, 0.25) is 12.6 Å². The van der Waals surface area contributed by atoms with Crippen molar-refractivity contribution >= 4 is 14.7 Å². The van der Waals surface area contributed by atoms with Gasteiger partial charge in [0.1, 0.15) is 0 Å². The van der Waals surface area contributed by atoms with Gasteiger partial charge in [-0.15, -0.1) is 0 Å². The van der Waals surface area contributed by atoms with Crippen LogP contribution in [-0.2, 0) is 4.43 Å². The molecule has 1 fully saturated rings. The van der Waals surface area contributed by atoms with Gasteiger partial charge >= 0.3 is 0 Å². The summed E-state index contributed by atoms with van der Waals surface area (Å²) in [5.74, 6) is 0. The van der Waals surface area contributed by atoms with Crippen LogP contribution < -0.4 is 0 Å². The van der Waals surface area contributed by atoms with Crippen molar-refractivity contribution in [3.05, 3.63) is 35.9 Å². The first kappa shape index (κ1) is 21.1. The van der Waals surface area contributed by atoms with E-state index in [-0.39, 0.29) is 0 Å². The molecule has 1 aliphatic heterocycles. The summed E-state index contributed by atoms with van der Waals surface area (Å²) in [6.45, 7) is 12.8. The monoisotopic (exact) mass is 348 g/mol. The minimum Gasteiger partial charge on any atom is -0.403 e. The Morgan fingerprint density at radius 2 is 1.88 bits per heavy atom. The van der Waals surface area contributed by atoms with Gasteiger partial charge in [-0.3, -0.25) is 4.99 Å². The van der Waals surface area contributed by atoms with Crippen molar-refractivity contribution in [2.75, 3.05) is 26.2 Å². The first-order valence-corrected chi connectivity index (χ1v) is 12.2. The number of hydrogen-bond donors (Lipinski definition) is 0. The van der Waals surface area contributed by atoms with E-state index in [1.165, 1.54) is 43.8 Å². The summed E-state index contributed by atoms with van der Waals surface area (Å²) in [5.41, 5.74) is 1.17. The Bertz CT molecular complexity index is 450. The van der Waals surface area contributed by atoms with Crippen LogP contribution in [0.3, 0.4) is 0 Å². The second kappa shape index (κ2) is 12.4. The molecule has 2 rings (SSSR count). The minimum absolute atomic E-state index is 0.840. The van der Waals surface area contributed by atoms with E-state index in [0.717, 1.165) is 19.7 Å². The van der Waals surface area contributed by atoms with Crippen molar-refractivity contribution in [2.45, 2.75) is 59.0 Å². The van der Waals surface area contributed by atoms with Gasteiger partial charge in [0, 0.05) is 19.4 Å². The third-order valence-electron chi connectivity index (χ3n) is 4.44. The first-order valence-electron chi connectivity index (χ1n) is 9.60. The lowest BCUT2D eigenvalue weighted by Gasteiger charge is -2.31. The van der Waals surface area contributed by atoms with E-state index in [0.29, 0.717) is 0 Å². The number of aliphatic imine (C=N–C) groups is 1. The molecule has 0 amide bonds. The molecule has 0 spiro atoms. The zero-order chi connectivity index (χ0) is 17.7. The van der Waals surface area contributed by atoms with Crippen molar-refractivity contribution in [2.24, 2.45) is 4.99 Å². The van der Waals surface area contributed by atoms with Crippen LogP contribution >= 0.6 is 0 Å². The summed E-state index contributed by atoms with van der Waals surface area (Å²) < 4.78 is 8.59. The van der Waals surface area contributed by atoms with Gasteiger partial charge in [0.25, 0.3) is 8.48 Å². The molecule has 1 atom stereocenters. The van der Waals surface area contributed by atoms with E-state index in [1.54, 1.807) is 0 Å². The Balaban J connectivity index is 0.000000505. The molecule has 0 aliphatic carbocycles. The van der Waals surface area contributed by atoms with Crippen molar-refractivity contribution in [3.63, 3.8) is 0 Å². The maximum absolute atomic E-state index is 6.03. The molecule has 1 saturated heterocycles. The van der Waals surface area contributed by atoms with Crippen LogP contribution in [-0.4, -0.2) is 45.5 Å². The smallest absolute Gasteiger partial charge is 0.268 e. The van der Waals surface area contributed by atoms with Gasteiger partial charge in [0.15, 0.2) is 0 Å². The zero-order valence-corrected chi connectivity index (χ0v) is 17.1. The molecule has 1 aromatic carbocycles. The highest BCUT2D eigenvalue weighted by Crippen LogP contribution is 2.26. The Morgan fingerprint density at radius 3 is 2.46 bits per heavy atom. The van der Waals surface area contributed by atoms with E-state index in [1.807, 2.05) is 24.4 Å². The van der Waals surface area contributed by atoms with Crippen molar-refractivity contribution in [1.29, 1.82) is 0 Å². The predicted molar refractivity (Wildman–Crippen MR) is 108 cm³/mol. The highest BCUT2D eigenvalue weighted by molar-refractivity contribution is 6.70.